The average molecular weight is 271 g/mol. The van der Waals surface area contributed by atoms with E-state index in [4.69, 9.17) is 11.6 Å². The number of hydrogen-bond donors (Lipinski definition) is 0. The predicted octanol–water partition coefficient (Wildman–Crippen LogP) is 4.21. The van der Waals surface area contributed by atoms with Crippen LogP contribution in [0.2, 0.25) is 5.02 Å². The van der Waals surface area contributed by atoms with Crippen LogP contribution in [-0.2, 0) is 6.42 Å². The lowest BCUT2D eigenvalue weighted by Crippen LogP contribution is -1.85. The van der Waals surface area contributed by atoms with Crippen molar-refractivity contribution in [2.45, 2.75) is 13.3 Å². The summed E-state index contributed by atoms with van der Waals surface area (Å²) in [6.45, 7) is 2.11. The van der Waals surface area contributed by atoms with Crippen molar-refractivity contribution in [3.8, 4) is 0 Å². The zero-order valence-corrected chi connectivity index (χ0v) is 10.1. The highest BCUT2D eigenvalue weighted by atomic mass is 79.9. The van der Waals surface area contributed by atoms with E-state index < -0.39 is 0 Å². The molecule has 0 N–H and O–H groups in total. The van der Waals surface area contributed by atoms with Crippen molar-refractivity contribution in [2.24, 2.45) is 0 Å². The van der Waals surface area contributed by atoms with E-state index in [0.717, 1.165) is 26.8 Å². The molecule has 0 aliphatic carbocycles. The first-order chi connectivity index (χ1) is 6.70. The van der Waals surface area contributed by atoms with E-state index in [-0.39, 0.29) is 0 Å². The van der Waals surface area contributed by atoms with Gasteiger partial charge in [-0.3, -0.25) is 4.98 Å². The van der Waals surface area contributed by atoms with Gasteiger partial charge in [0.1, 0.15) is 0 Å². The van der Waals surface area contributed by atoms with Gasteiger partial charge in [-0.25, -0.2) is 0 Å². The van der Waals surface area contributed by atoms with Crippen LogP contribution in [-0.4, -0.2) is 4.98 Å². The molecule has 0 radical (unpaired) electrons. The van der Waals surface area contributed by atoms with Gasteiger partial charge in [-0.1, -0.05) is 18.5 Å². The molecule has 0 atom stereocenters. The van der Waals surface area contributed by atoms with Crippen molar-refractivity contribution < 1.29 is 0 Å². The number of rotatable bonds is 1. The molecule has 2 aromatic rings. The first-order valence-corrected chi connectivity index (χ1v) is 5.61. The highest BCUT2D eigenvalue weighted by Crippen LogP contribution is 2.27. The first kappa shape index (κ1) is 9.94. The van der Waals surface area contributed by atoms with Crippen LogP contribution in [0.4, 0.5) is 0 Å². The van der Waals surface area contributed by atoms with E-state index in [1.54, 1.807) is 0 Å². The maximum absolute atomic E-state index is 5.96. The quantitative estimate of drug-likeness (QED) is 0.756. The van der Waals surface area contributed by atoms with Crippen LogP contribution in [0, 0.1) is 0 Å². The Morgan fingerprint density at radius 3 is 2.86 bits per heavy atom. The van der Waals surface area contributed by atoms with Crippen LogP contribution in [0.25, 0.3) is 10.9 Å². The molecule has 0 saturated carbocycles. The zero-order chi connectivity index (χ0) is 10.1. The van der Waals surface area contributed by atoms with Gasteiger partial charge in [-0.05, 0) is 46.1 Å². The summed E-state index contributed by atoms with van der Waals surface area (Å²) < 4.78 is 0.947. The molecular weight excluding hydrogens is 261 g/mol. The summed E-state index contributed by atoms with van der Waals surface area (Å²) in [6.07, 6.45) is 2.90. The summed E-state index contributed by atoms with van der Waals surface area (Å²) in [5.74, 6) is 0. The Morgan fingerprint density at radius 1 is 1.36 bits per heavy atom. The number of hydrogen-bond acceptors (Lipinski definition) is 1. The van der Waals surface area contributed by atoms with E-state index in [1.165, 1.54) is 5.56 Å². The molecule has 3 heteroatoms. The molecule has 1 nitrogen and oxygen atoms in total. The fourth-order valence-electron chi connectivity index (χ4n) is 1.41. The van der Waals surface area contributed by atoms with Crippen LogP contribution >= 0.6 is 27.5 Å². The number of aromatic nitrogens is 1. The molecule has 2 rings (SSSR count). The smallest absolute Gasteiger partial charge is 0.0845 e. The lowest BCUT2D eigenvalue weighted by Gasteiger charge is -2.03. The number of halogens is 2. The topological polar surface area (TPSA) is 12.9 Å². The molecule has 0 aliphatic heterocycles. The molecule has 1 aromatic carbocycles. The SMILES string of the molecule is CCc1cnc2c(Br)cc(Cl)cc2c1. The predicted molar refractivity (Wildman–Crippen MR) is 63.8 cm³/mol. The third-order valence-electron chi connectivity index (χ3n) is 2.17. The minimum absolute atomic E-state index is 0.736. The second-order valence-electron chi connectivity index (χ2n) is 3.16. The van der Waals surface area contributed by atoms with E-state index >= 15 is 0 Å². The molecule has 0 amide bonds. The Kier molecular flexibility index (Phi) is 2.75. The summed E-state index contributed by atoms with van der Waals surface area (Å²) in [6, 6.07) is 5.93. The first-order valence-electron chi connectivity index (χ1n) is 4.44. The molecule has 0 unspecified atom stereocenters. The fraction of sp³-hybridized carbons (Fsp3) is 0.182. The van der Waals surface area contributed by atoms with Gasteiger partial charge in [0.25, 0.3) is 0 Å². The van der Waals surface area contributed by atoms with Crippen LogP contribution in [0.15, 0.2) is 28.9 Å². The molecular formula is C11H9BrClN. The van der Waals surface area contributed by atoms with Crippen LogP contribution in [0.1, 0.15) is 12.5 Å². The maximum atomic E-state index is 5.96. The highest BCUT2D eigenvalue weighted by Gasteiger charge is 2.02. The third-order valence-corrected chi connectivity index (χ3v) is 2.99. The van der Waals surface area contributed by atoms with Gasteiger partial charge in [0, 0.05) is 21.1 Å². The summed E-state index contributed by atoms with van der Waals surface area (Å²) in [4.78, 5) is 4.39. The van der Waals surface area contributed by atoms with Crippen molar-refractivity contribution >= 4 is 38.4 Å². The normalized spacial score (nSPS) is 10.8. The van der Waals surface area contributed by atoms with Crippen LogP contribution in [0.3, 0.4) is 0 Å². The second-order valence-corrected chi connectivity index (χ2v) is 4.45. The number of benzene rings is 1. The van der Waals surface area contributed by atoms with Gasteiger partial charge in [-0.15, -0.1) is 0 Å². The van der Waals surface area contributed by atoms with Crippen LogP contribution < -0.4 is 0 Å². The van der Waals surface area contributed by atoms with Gasteiger partial charge in [0.2, 0.25) is 0 Å². The number of pyridine rings is 1. The van der Waals surface area contributed by atoms with E-state index in [2.05, 4.69) is 33.9 Å². The highest BCUT2D eigenvalue weighted by molar-refractivity contribution is 9.10. The summed E-state index contributed by atoms with van der Waals surface area (Å²) in [7, 11) is 0. The van der Waals surface area contributed by atoms with E-state index in [1.807, 2.05) is 18.3 Å². The largest absolute Gasteiger partial charge is 0.255 e. The fourth-order valence-corrected chi connectivity index (χ4v) is 2.35. The molecule has 0 spiro atoms. The molecule has 0 fully saturated rings. The van der Waals surface area contributed by atoms with Gasteiger partial charge in [0.15, 0.2) is 0 Å². The van der Waals surface area contributed by atoms with Crippen molar-refractivity contribution in [2.75, 3.05) is 0 Å². The van der Waals surface area contributed by atoms with Crippen molar-refractivity contribution in [3.63, 3.8) is 0 Å². The summed E-state index contributed by atoms with van der Waals surface area (Å²) in [5, 5.41) is 1.82. The zero-order valence-electron chi connectivity index (χ0n) is 7.72. The molecule has 1 heterocycles. The Labute approximate surface area is 96.2 Å². The minimum atomic E-state index is 0.736. The third kappa shape index (κ3) is 1.77. The number of aryl methyl sites for hydroxylation is 1. The molecule has 0 aliphatic rings. The number of fused-ring (bicyclic) bond motifs is 1. The Balaban J connectivity index is 2.75. The monoisotopic (exact) mass is 269 g/mol. The second kappa shape index (κ2) is 3.87. The Bertz CT molecular complexity index is 482. The maximum Gasteiger partial charge on any atom is 0.0845 e. The van der Waals surface area contributed by atoms with Gasteiger partial charge in [-0.2, -0.15) is 0 Å². The molecule has 72 valence electrons. The Hall–Kier alpha value is -0.600. The Morgan fingerprint density at radius 2 is 2.14 bits per heavy atom. The van der Waals surface area contributed by atoms with Gasteiger partial charge >= 0.3 is 0 Å². The molecule has 0 bridgehead atoms. The van der Waals surface area contributed by atoms with Crippen molar-refractivity contribution in [3.05, 3.63) is 39.5 Å². The van der Waals surface area contributed by atoms with Gasteiger partial charge in [0.05, 0.1) is 5.52 Å². The molecule has 14 heavy (non-hydrogen) atoms. The van der Waals surface area contributed by atoms with Gasteiger partial charge < -0.3 is 0 Å². The number of nitrogens with zero attached hydrogens (tertiary/aromatic N) is 1. The standard InChI is InChI=1S/C11H9BrClN/c1-2-7-3-8-4-9(13)5-10(12)11(8)14-6-7/h3-6H,2H2,1H3. The van der Waals surface area contributed by atoms with Crippen molar-refractivity contribution in [1.82, 2.24) is 4.98 Å². The van der Waals surface area contributed by atoms with Crippen molar-refractivity contribution in [1.29, 1.82) is 0 Å². The molecule has 0 saturated heterocycles. The molecule has 1 aromatic heterocycles. The summed E-state index contributed by atoms with van der Waals surface area (Å²) in [5.41, 5.74) is 2.19. The summed E-state index contributed by atoms with van der Waals surface area (Å²) >= 11 is 9.41. The lowest BCUT2D eigenvalue weighted by molar-refractivity contribution is 1.12. The van der Waals surface area contributed by atoms with E-state index in [9.17, 15) is 0 Å². The minimum Gasteiger partial charge on any atom is -0.255 e. The van der Waals surface area contributed by atoms with E-state index in [0.29, 0.717) is 0 Å². The average Bonchev–Trinajstić information content (AvgIpc) is 2.16. The lowest BCUT2D eigenvalue weighted by atomic mass is 10.1. The van der Waals surface area contributed by atoms with Crippen LogP contribution in [0.5, 0.6) is 0 Å².